The van der Waals surface area contributed by atoms with Crippen molar-refractivity contribution in [2.75, 3.05) is 39.4 Å². The van der Waals surface area contributed by atoms with Gasteiger partial charge < -0.3 is 15.0 Å². The van der Waals surface area contributed by atoms with Gasteiger partial charge in [-0.25, -0.2) is 4.79 Å². The van der Waals surface area contributed by atoms with Gasteiger partial charge in [0.15, 0.2) is 0 Å². The van der Waals surface area contributed by atoms with Crippen molar-refractivity contribution >= 4 is 6.03 Å². The smallest absolute Gasteiger partial charge is 0.317 e. The van der Waals surface area contributed by atoms with Gasteiger partial charge in [0.2, 0.25) is 0 Å². The highest BCUT2D eigenvalue weighted by Crippen LogP contribution is 2.18. The third-order valence-corrected chi connectivity index (χ3v) is 3.80. The van der Waals surface area contributed by atoms with Gasteiger partial charge >= 0.3 is 6.03 Å². The molecule has 0 unspecified atom stereocenters. The van der Waals surface area contributed by atoms with Crippen molar-refractivity contribution < 1.29 is 9.53 Å². The van der Waals surface area contributed by atoms with Gasteiger partial charge in [-0.05, 0) is 33.6 Å². The molecule has 2 heterocycles. The lowest BCUT2D eigenvalue weighted by atomic mass is 10.0. The predicted molar refractivity (Wildman–Crippen MR) is 75.3 cm³/mol. The lowest BCUT2D eigenvalue weighted by molar-refractivity contribution is 0.00364. The van der Waals surface area contributed by atoms with Crippen LogP contribution in [0.1, 0.15) is 33.6 Å². The van der Waals surface area contributed by atoms with E-state index in [1.807, 2.05) is 25.7 Å². The molecule has 0 aliphatic carbocycles. The number of nitrogens with zero attached hydrogens (tertiary/aromatic N) is 2. The fraction of sp³-hybridized carbons (Fsp3) is 0.929. The van der Waals surface area contributed by atoms with Crippen molar-refractivity contribution in [3.8, 4) is 0 Å². The van der Waals surface area contributed by atoms with Crippen molar-refractivity contribution in [1.82, 2.24) is 15.1 Å². The van der Waals surface area contributed by atoms with Gasteiger partial charge in [-0.3, -0.25) is 4.90 Å². The standard InChI is InChI=1S/C14H27N3O2/c1-14(2,3)15-13(18)17-6-4-12(5-7-17)16-8-10-19-11-9-16/h12H,4-11H2,1-3H3,(H,15,18). The van der Waals surface area contributed by atoms with Crippen LogP contribution in [0.25, 0.3) is 0 Å². The van der Waals surface area contributed by atoms with Crippen LogP contribution in [0, 0.1) is 0 Å². The molecular formula is C14H27N3O2. The summed E-state index contributed by atoms with van der Waals surface area (Å²) in [6, 6.07) is 0.704. The van der Waals surface area contributed by atoms with E-state index in [1.54, 1.807) is 0 Å². The molecule has 5 nitrogen and oxygen atoms in total. The fourth-order valence-electron chi connectivity index (χ4n) is 2.78. The molecular weight excluding hydrogens is 242 g/mol. The number of likely N-dealkylation sites (tertiary alicyclic amines) is 1. The molecule has 0 aromatic carbocycles. The zero-order valence-electron chi connectivity index (χ0n) is 12.4. The minimum atomic E-state index is -0.155. The van der Waals surface area contributed by atoms with Crippen LogP contribution in [0.15, 0.2) is 0 Å². The molecule has 0 atom stereocenters. The minimum absolute atomic E-state index is 0.0768. The second-order valence-electron chi connectivity index (χ2n) is 6.55. The first-order valence-corrected chi connectivity index (χ1v) is 7.34. The monoisotopic (exact) mass is 269 g/mol. The number of carbonyl (C=O) groups excluding carboxylic acids is 1. The topological polar surface area (TPSA) is 44.8 Å². The summed E-state index contributed by atoms with van der Waals surface area (Å²) in [4.78, 5) is 16.5. The van der Waals surface area contributed by atoms with Gasteiger partial charge in [0.25, 0.3) is 0 Å². The first-order chi connectivity index (χ1) is 8.96. The third-order valence-electron chi connectivity index (χ3n) is 3.80. The zero-order chi connectivity index (χ0) is 13.9. The Bertz CT molecular complexity index is 300. The molecule has 0 aromatic rings. The normalized spacial score (nSPS) is 23.4. The highest BCUT2D eigenvalue weighted by atomic mass is 16.5. The van der Waals surface area contributed by atoms with E-state index in [0.717, 1.165) is 52.2 Å². The zero-order valence-corrected chi connectivity index (χ0v) is 12.4. The number of piperidine rings is 1. The number of hydrogen-bond donors (Lipinski definition) is 1. The molecule has 0 bridgehead atoms. The Hall–Kier alpha value is -0.810. The van der Waals surface area contributed by atoms with Crippen LogP contribution in [-0.2, 0) is 4.74 Å². The highest BCUT2D eigenvalue weighted by Gasteiger charge is 2.28. The van der Waals surface area contributed by atoms with E-state index in [4.69, 9.17) is 4.74 Å². The Morgan fingerprint density at radius 1 is 1.11 bits per heavy atom. The average molecular weight is 269 g/mol. The maximum Gasteiger partial charge on any atom is 0.317 e. The average Bonchev–Trinajstić information content (AvgIpc) is 2.38. The predicted octanol–water partition coefficient (Wildman–Crippen LogP) is 1.29. The van der Waals surface area contributed by atoms with Crippen molar-refractivity contribution in [3.05, 3.63) is 0 Å². The molecule has 2 saturated heterocycles. The molecule has 2 aliphatic rings. The summed E-state index contributed by atoms with van der Waals surface area (Å²) in [5.41, 5.74) is -0.155. The van der Waals surface area contributed by atoms with Gasteiger partial charge in [-0.15, -0.1) is 0 Å². The summed E-state index contributed by atoms with van der Waals surface area (Å²) >= 11 is 0. The maximum absolute atomic E-state index is 12.1. The lowest BCUT2D eigenvalue weighted by Crippen LogP contribution is -2.54. The molecule has 110 valence electrons. The Morgan fingerprint density at radius 2 is 1.68 bits per heavy atom. The quantitative estimate of drug-likeness (QED) is 0.780. The first kappa shape index (κ1) is 14.6. The van der Waals surface area contributed by atoms with Crippen LogP contribution < -0.4 is 5.32 Å². The summed E-state index contributed by atoms with van der Waals surface area (Å²) in [6.07, 6.45) is 2.16. The molecule has 5 heteroatoms. The van der Waals surface area contributed by atoms with E-state index < -0.39 is 0 Å². The van der Waals surface area contributed by atoms with Gasteiger partial charge in [-0.2, -0.15) is 0 Å². The van der Waals surface area contributed by atoms with Crippen LogP contribution in [0.5, 0.6) is 0 Å². The van der Waals surface area contributed by atoms with E-state index in [0.29, 0.717) is 6.04 Å². The summed E-state index contributed by atoms with van der Waals surface area (Å²) in [5, 5.41) is 3.04. The molecule has 0 aromatic heterocycles. The SMILES string of the molecule is CC(C)(C)NC(=O)N1CCC(N2CCOCC2)CC1. The number of amides is 2. The summed E-state index contributed by atoms with van der Waals surface area (Å²) < 4.78 is 5.39. The number of ether oxygens (including phenoxy) is 1. The summed E-state index contributed by atoms with van der Waals surface area (Å²) in [6.45, 7) is 11.6. The fourth-order valence-corrected chi connectivity index (χ4v) is 2.78. The number of hydrogen-bond acceptors (Lipinski definition) is 3. The molecule has 2 amide bonds. The molecule has 2 aliphatic heterocycles. The summed E-state index contributed by atoms with van der Waals surface area (Å²) in [5.74, 6) is 0. The molecule has 19 heavy (non-hydrogen) atoms. The van der Waals surface area contributed by atoms with E-state index >= 15 is 0 Å². The molecule has 1 N–H and O–H groups in total. The Morgan fingerprint density at radius 3 is 2.21 bits per heavy atom. The van der Waals surface area contributed by atoms with Crippen LogP contribution in [0.3, 0.4) is 0 Å². The van der Waals surface area contributed by atoms with Crippen LogP contribution in [-0.4, -0.2) is 66.8 Å². The third kappa shape index (κ3) is 4.35. The minimum Gasteiger partial charge on any atom is -0.379 e. The second kappa shape index (κ2) is 6.09. The number of carbonyl (C=O) groups is 1. The van der Waals surface area contributed by atoms with Crippen molar-refractivity contribution in [3.63, 3.8) is 0 Å². The van der Waals surface area contributed by atoms with Crippen molar-refractivity contribution in [1.29, 1.82) is 0 Å². The van der Waals surface area contributed by atoms with Gasteiger partial charge in [0, 0.05) is 37.8 Å². The molecule has 2 fully saturated rings. The number of morpholine rings is 1. The molecule has 0 spiro atoms. The van der Waals surface area contributed by atoms with Crippen LogP contribution in [0.2, 0.25) is 0 Å². The molecule has 0 radical (unpaired) electrons. The number of nitrogens with one attached hydrogen (secondary N) is 1. The number of rotatable bonds is 1. The molecule has 0 saturated carbocycles. The van der Waals surface area contributed by atoms with Crippen molar-refractivity contribution in [2.45, 2.75) is 45.2 Å². The van der Waals surface area contributed by atoms with E-state index in [-0.39, 0.29) is 11.6 Å². The number of urea groups is 1. The molecule has 2 rings (SSSR count). The second-order valence-corrected chi connectivity index (χ2v) is 6.55. The van der Waals surface area contributed by atoms with Gasteiger partial charge in [0.05, 0.1) is 13.2 Å². The summed E-state index contributed by atoms with van der Waals surface area (Å²) in [7, 11) is 0. The van der Waals surface area contributed by atoms with E-state index in [1.165, 1.54) is 0 Å². The Kier molecular flexibility index (Phi) is 4.68. The lowest BCUT2D eigenvalue weighted by Gasteiger charge is -2.40. The van der Waals surface area contributed by atoms with E-state index in [2.05, 4.69) is 10.2 Å². The largest absolute Gasteiger partial charge is 0.379 e. The van der Waals surface area contributed by atoms with Crippen LogP contribution >= 0.6 is 0 Å². The Balaban J connectivity index is 1.77. The van der Waals surface area contributed by atoms with Crippen LogP contribution in [0.4, 0.5) is 4.79 Å². The van der Waals surface area contributed by atoms with Crippen molar-refractivity contribution in [2.24, 2.45) is 0 Å². The first-order valence-electron chi connectivity index (χ1n) is 7.34. The van der Waals surface area contributed by atoms with E-state index in [9.17, 15) is 4.79 Å². The maximum atomic E-state index is 12.1. The van der Waals surface area contributed by atoms with Gasteiger partial charge in [0.1, 0.15) is 0 Å². The highest BCUT2D eigenvalue weighted by molar-refractivity contribution is 5.75. The Labute approximate surface area is 116 Å². The van der Waals surface area contributed by atoms with Gasteiger partial charge in [-0.1, -0.05) is 0 Å².